The number of anilines is 1. The molecule has 2 atom stereocenters. The maximum absolute atomic E-state index is 4.70. The topological polar surface area (TPSA) is 31.4 Å². The van der Waals surface area contributed by atoms with Crippen LogP contribution in [0.15, 0.2) is 16.7 Å². The molecule has 0 bridgehead atoms. The number of halogens is 1. The molecule has 2 aliphatic heterocycles. The SMILES string of the molecule is CNCc1cc(Br)cnc1N1CCC2C(CCCN2C)C1. The molecule has 4 nitrogen and oxygen atoms in total. The quantitative estimate of drug-likeness (QED) is 0.905. The first kappa shape index (κ1) is 15.3. The third kappa shape index (κ3) is 3.25. The summed E-state index contributed by atoms with van der Waals surface area (Å²) in [7, 11) is 4.28. The first-order valence-corrected chi connectivity index (χ1v) is 8.72. The predicted octanol–water partition coefficient (Wildman–Crippen LogP) is 2.48. The van der Waals surface area contributed by atoms with Gasteiger partial charge in [-0.05, 0) is 67.8 Å². The van der Waals surface area contributed by atoms with Crippen molar-refractivity contribution in [2.24, 2.45) is 5.92 Å². The average molecular weight is 353 g/mol. The summed E-state index contributed by atoms with van der Waals surface area (Å²) in [6.45, 7) is 4.41. The van der Waals surface area contributed by atoms with E-state index in [1.165, 1.54) is 37.2 Å². The second kappa shape index (κ2) is 6.63. The Kier molecular flexibility index (Phi) is 4.82. The number of fused-ring (bicyclic) bond motifs is 1. The molecule has 2 aliphatic rings. The van der Waals surface area contributed by atoms with Crippen LogP contribution in [0, 0.1) is 5.92 Å². The van der Waals surface area contributed by atoms with Gasteiger partial charge in [-0.1, -0.05) is 0 Å². The zero-order valence-corrected chi connectivity index (χ0v) is 14.6. The molecule has 0 spiro atoms. The summed E-state index contributed by atoms with van der Waals surface area (Å²) >= 11 is 3.54. The van der Waals surface area contributed by atoms with E-state index in [9.17, 15) is 0 Å². The van der Waals surface area contributed by atoms with Gasteiger partial charge in [0.25, 0.3) is 0 Å². The van der Waals surface area contributed by atoms with Crippen molar-refractivity contribution in [2.75, 3.05) is 38.6 Å². The molecule has 0 aliphatic carbocycles. The van der Waals surface area contributed by atoms with Gasteiger partial charge < -0.3 is 15.1 Å². The molecule has 5 heteroatoms. The minimum absolute atomic E-state index is 0.776. The Labute approximate surface area is 136 Å². The standard InChI is InChI=1S/C16H25BrN4/c1-18-9-13-8-14(17)10-19-16(13)21-7-5-15-12(11-21)4-3-6-20(15)2/h8,10,12,15,18H,3-7,9,11H2,1-2H3. The van der Waals surface area contributed by atoms with Crippen molar-refractivity contribution in [3.05, 3.63) is 22.3 Å². The number of hydrogen-bond acceptors (Lipinski definition) is 4. The molecule has 116 valence electrons. The molecule has 1 aromatic heterocycles. The third-order valence-electron chi connectivity index (χ3n) is 4.92. The van der Waals surface area contributed by atoms with Crippen LogP contribution in [-0.4, -0.2) is 49.7 Å². The Hall–Kier alpha value is -0.650. The summed E-state index contributed by atoms with van der Waals surface area (Å²) < 4.78 is 1.06. The average Bonchev–Trinajstić information content (AvgIpc) is 2.48. The molecule has 3 heterocycles. The molecule has 1 aromatic rings. The summed E-state index contributed by atoms with van der Waals surface area (Å²) in [5.74, 6) is 1.96. The van der Waals surface area contributed by atoms with Gasteiger partial charge in [0, 0.05) is 41.9 Å². The number of pyridine rings is 1. The molecule has 1 N–H and O–H groups in total. The number of nitrogens with zero attached hydrogens (tertiary/aromatic N) is 3. The molecule has 0 aromatic carbocycles. The zero-order chi connectivity index (χ0) is 14.8. The Morgan fingerprint density at radius 2 is 2.24 bits per heavy atom. The van der Waals surface area contributed by atoms with Crippen LogP contribution in [0.25, 0.3) is 0 Å². The Morgan fingerprint density at radius 3 is 3.05 bits per heavy atom. The van der Waals surface area contributed by atoms with E-state index in [-0.39, 0.29) is 0 Å². The van der Waals surface area contributed by atoms with Gasteiger partial charge >= 0.3 is 0 Å². The summed E-state index contributed by atoms with van der Waals surface area (Å²) in [4.78, 5) is 9.77. The molecule has 0 saturated carbocycles. The molecule has 0 amide bonds. The smallest absolute Gasteiger partial charge is 0.133 e. The van der Waals surface area contributed by atoms with Crippen LogP contribution >= 0.6 is 15.9 Å². The minimum Gasteiger partial charge on any atom is -0.356 e. The van der Waals surface area contributed by atoms with Crippen LogP contribution in [-0.2, 0) is 6.54 Å². The van der Waals surface area contributed by atoms with Crippen molar-refractivity contribution in [1.29, 1.82) is 0 Å². The largest absolute Gasteiger partial charge is 0.356 e. The van der Waals surface area contributed by atoms with Crippen molar-refractivity contribution in [3.63, 3.8) is 0 Å². The Balaban J connectivity index is 1.79. The lowest BCUT2D eigenvalue weighted by Crippen LogP contribution is -2.53. The molecular weight excluding hydrogens is 328 g/mol. The van der Waals surface area contributed by atoms with E-state index in [4.69, 9.17) is 4.98 Å². The fourth-order valence-corrected chi connectivity index (χ4v) is 4.30. The number of hydrogen-bond donors (Lipinski definition) is 1. The van der Waals surface area contributed by atoms with Crippen molar-refractivity contribution in [2.45, 2.75) is 31.8 Å². The van der Waals surface area contributed by atoms with Gasteiger partial charge in [0.05, 0.1) is 0 Å². The monoisotopic (exact) mass is 352 g/mol. The lowest BCUT2D eigenvalue weighted by molar-refractivity contribution is 0.102. The highest BCUT2D eigenvalue weighted by Crippen LogP contribution is 2.32. The molecule has 0 radical (unpaired) electrons. The highest BCUT2D eigenvalue weighted by atomic mass is 79.9. The van der Waals surface area contributed by atoms with Gasteiger partial charge in [-0.2, -0.15) is 0 Å². The van der Waals surface area contributed by atoms with Crippen LogP contribution in [0.3, 0.4) is 0 Å². The number of rotatable bonds is 3. The van der Waals surface area contributed by atoms with Gasteiger partial charge in [0.1, 0.15) is 5.82 Å². The lowest BCUT2D eigenvalue weighted by Gasteiger charge is -2.46. The van der Waals surface area contributed by atoms with E-state index < -0.39 is 0 Å². The normalized spacial score (nSPS) is 26.7. The van der Waals surface area contributed by atoms with Gasteiger partial charge in [-0.3, -0.25) is 0 Å². The number of likely N-dealkylation sites (tertiary alicyclic amines) is 1. The first-order valence-electron chi connectivity index (χ1n) is 7.93. The molecule has 21 heavy (non-hydrogen) atoms. The van der Waals surface area contributed by atoms with Gasteiger partial charge in [0.2, 0.25) is 0 Å². The van der Waals surface area contributed by atoms with Crippen LogP contribution in [0.4, 0.5) is 5.82 Å². The molecule has 2 fully saturated rings. The van der Waals surface area contributed by atoms with Crippen LogP contribution in [0.2, 0.25) is 0 Å². The van der Waals surface area contributed by atoms with Gasteiger partial charge in [0.15, 0.2) is 0 Å². The Morgan fingerprint density at radius 1 is 1.38 bits per heavy atom. The highest BCUT2D eigenvalue weighted by Gasteiger charge is 2.35. The third-order valence-corrected chi connectivity index (χ3v) is 5.36. The number of aromatic nitrogens is 1. The van der Waals surface area contributed by atoms with Gasteiger partial charge in [-0.25, -0.2) is 4.98 Å². The highest BCUT2D eigenvalue weighted by molar-refractivity contribution is 9.10. The predicted molar refractivity (Wildman–Crippen MR) is 90.7 cm³/mol. The summed E-state index contributed by atoms with van der Waals surface area (Å²) in [5.41, 5.74) is 1.29. The number of piperidine rings is 2. The fraction of sp³-hybridized carbons (Fsp3) is 0.688. The lowest BCUT2D eigenvalue weighted by atomic mass is 9.84. The summed E-state index contributed by atoms with van der Waals surface area (Å²) in [5, 5.41) is 3.26. The van der Waals surface area contributed by atoms with Crippen molar-refractivity contribution < 1.29 is 0 Å². The molecule has 2 saturated heterocycles. The van der Waals surface area contributed by atoms with Crippen LogP contribution in [0.5, 0.6) is 0 Å². The van der Waals surface area contributed by atoms with Gasteiger partial charge in [-0.15, -0.1) is 0 Å². The Bertz CT molecular complexity index is 493. The van der Waals surface area contributed by atoms with Crippen molar-refractivity contribution in [1.82, 2.24) is 15.2 Å². The maximum atomic E-state index is 4.70. The van der Waals surface area contributed by atoms with E-state index in [0.29, 0.717) is 0 Å². The molecule has 2 unspecified atom stereocenters. The van der Waals surface area contributed by atoms with Crippen LogP contribution < -0.4 is 10.2 Å². The van der Waals surface area contributed by atoms with Crippen LogP contribution in [0.1, 0.15) is 24.8 Å². The van der Waals surface area contributed by atoms with Crippen molar-refractivity contribution in [3.8, 4) is 0 Å². The van der Waals surface area contributed by atoms with E-state index in [2.05, 4.69) is 44.2 Å². The fourth-order valence-electron chi connectivity index (χ4n) is 3.92. The summed E-state index contributed by atoms with van der Waals surface area (Å²) in [6, 6.07) is 2.97. The summed E-state index contributed by atoms with van der Waals surface area (Å²) in [6.07, 6.45) is 5.89. The minimum atomic E-state index is 0.776. The van der Waals surface area contributed by atoms with E-state index in [0.717, 1.165) is 36.1 Å². The molecular formula is C16H25BrN4. The second-order valence-electron chi connectivity index (χ2n) is 6.35. The first-order chi connectivity index (χ1) is 10.2. The van der Waals surface area contributed by atoms with Crippen molar-refractivity contribution >= 4 is 21.7 Å². The van der Waals surface area contributed by atoms with E-state index >= 15 is 0 Å². The number of nitrogens with one attached hydrogen (secondary N) is 1. The maximum Gasteiger partial charge on any atom is 0.133 e. The van der Waals surface area contributed by atoms with E-state index in [1.54, 1.807) is 0 Å². The second-order valence-corrected chi connectivity index (χ2v) is 7.27. The van der Waals surface area contributed by atoms with E-state index in [1.807, 2.05) is 13.2 Å². The molecule has 3 rings (SSSR count). The zero-order valence-electron chi connectivity index (χ0n) is 13.0.